The molecule has 0 aliphatic carbocycles. The van der Waals surface area contributed by atoms with Crippen molar-refractivity contribution in [2.45, 2.75) is 0 Å². The van der Waals surface area contributed by atoms with Crippen molar-refractivity contribution in [3.8, 4) is 33.6 Å². The van der Waals surface area contributed by atoms with Crippen molar-refractivity contribution in [2.24, 2.45) is 0 Å². The summed E-state index contributed by atoms with van der Waals surface area (Å²) in [6.07, 6.45) is 3.50. The lowest BCUT2D eigenvalue weighted by Crippen LogP contribution is -2.29. The Morgan fingerprint density at radius 1 is 0.483 bits per heavy atom. The minimum absolute atomic E-state index is 0.142. The van der Waals surface area contributed by atoms with Crippen LogP contribution in [0.5, 0.6) is 0 Å². The number of halogens is 1. The third kappa shape index (κ3) is 8.49. The Balaban J connectivity index is 0.000000131. The van der Waals surface area contributed by atoms with Crippen LogP contribution < -0.4 is 16.6 Å². The Bertz CT molecular complexity index is 3180. The summed E-state index contributed by atoms with van der Waals surface area (Å²) in [4.78, 5) is 46.4. The number of aromatic nitrogens is 6. The Morgan fingerprint density at radius 3 is 1.62 bits per heavy atom. The standard InChI is InChI=1S/C23H15N3O.C14H9BrN2O.C9H8BNO2/c27-21-11-9-18-14-19(16-8-10-20-17(13-16)7-4-12-24-20)22(26-23(18)25-21)15-5-2-1-3-6-15;15-11-8-10-6-7-12(18)16-14(10)17-13(11)9-4-2-1-3-5-9;12-10(13)8-3-4-9-7(6-8)2-1-5-11-9/h1-14H,(H,25,26,27);1-8H,(H,16,17,18);1-6,12-13H. The van der Waals surface area contributed by atoms with Gasteiger partial charge in [0.2, 0.25) is 11.1 Å². The predicted molar refractivity (Wildman–Crippen MR) is 236 cm³/mol. The highest BCUT2D eigenvalue weighted by Crippen LogP contribution is 2.34. The van der Waals surface area contributed by atoms with Gasteiger partial charge in [-0.3, -0.25) is 19.6 Å². The van der Waals surface area contributed by atoms with E-state index in [4.69, 9.17) is 15.0 Å². The number of aromatic amines is 2. The van der Waals surface area contributed by atoms with Crippen LogP contribution in [0.25, 0.3) is 77.5 Å². The zero-order valence-corrected chi connectivity index (χ0v) is 32.2. The first kappa shape index (κ1) is 37.8. The van der Waals surface area contributed by atoms with E-state index in [1.165, 1.54) is 12.1 Å². The molecular formula is C46H32BBrN6O4. The SMILES string of the molecule is O=c1ccc2cc(-c3ccc4ncccc4c3)c(-c3ccccc3)nc2[nH]1.O=c1ccc2cc(Br)c(-c3ccccc3)nc2[nH]1.OB(O)c1ccc2ncccc2c1. The molecule has 0 amide bonds. The van der Waals surface area contributed by atoms with Crippen molar-refractivity contribution in [1.82, 2.24) is 29.9 Å². The van der Waals surface area contributed by atoms with E-state index >= 15 is 0 Å². The molecule has 0 aliphatic heterocycles. The number of hydrogen-bond donors (Lipinski definition) is 4. The molecule has 12 heteroatoms. The second kappa shape index (κ2) is 16.9. The van der Waals surface area contributed by atoms with Crippen molar-refractivity contribution in [2.75, 3.05) is 0 Å². The molecule has 0 aliphatic rings. The summed E-state index contributed by atoms with van der Waals surface area (Å²) < 4.78 is 0.910. The summed E-state index contributed by atoms with van der Waals surface area (Å²) in [5, 5.41) is 21.6. The van der Waals surface area contributed by atoms with Gasteiger partial charge in [0.15, 0.2) is 0 Å². The number of pyridine rings is 6. The average molecular weight is 824 g/mol. The molecule has 6 heterocycles. The fourth-order valence-electron chi connectivity index (χ4n) is 6.47. The molecule has 0 saturated heterocycles. The van der Waals surface area contributed by atoms with E-state index < -0.39 is 7.12 Å². The molecule has 10 aromatic rings. The molecule has 0 spiro atoms. The molecule has 0 atom stereocenters. The monoisotopic (exact) mass is 822 g/mol. The van der Waals surface area contributed by atoms with Crippen LogP contribution >= 0.6 is 15.9 Å². The van der Waals surface area contributed by atoms with Crippen molar-refractivity contribution in [3.63, 3.8) is 0 Å². The summed E-state index contributed by atoms with van der Waals surface area (Å²) >= 11 is 3.52. The van der Waals surface area contributed by atoms with Crippen LogP contribution in [-0.4, -0.2) is 47.1 Å². The Morgan fingerprint density at radius 2 is 1.02 bits per heavy atom. The van der Waals surface area contributed by atoms with Gasteiger partial charge in [0, 0.05) is 61.8 Å². The minimum atomic E-state index is -1.41. The van der Waals surface area contributed by atoms with Crippen molar-refractivity contribution in [3.05, 3.63) is 195 Å². The zero-order chi connectivity index (χ0) is 40.0. The number of hydrogen-bond acceptors (Lipinski definition) is 8. The molecule has 10 rings (SSSR count). The molecular weight excluding hydrogens is 791 g/mol. The molecule has 0 fully saturated rings. The maximum atomic E-state index is 11.7. The summed E-state index contributed by atoms with van der Waals surface area (Å²) in [5.74, 6) is 0. The Labute approximate surface area is 339 Å². The summed E-state index contributed by atoms with van der Waals surface area (Å²) in [6.45, 7) is 0. The quantitative estimate of drug-likeness (QED) is 0.130. The second-order valence-corrected chi connectivity index (χ2v) is 14.1. The first-order chi connectivity index (χ1) is 28.3. The van der Waals surface area contributed by atoms with E-state index in [2.05, 4.69) is 65.1 Å². The largest absolute Gasteiger partial charge is 0.488 e. The van der Waals surface area contributed by atoms with Gasteiger partial charge >= 0.3 is 7.12 Å². The molecule has 280 valence electrons. The highest BCUT2D eigenvalue weighted by atomic mass is 79.9. The molecule has 4 N–H and O–H groups in total. The molecule has 4 aromatic carbocycles. The maximum absolute atomic E-state index is 11.7. The Kier molecular flexibility index (Phi) is 11.0. The molecule has 0 bridgehead atoms. The first-order valence-electron chi connectivity index (χ1n) is 18.2. The van der Waals surface area contributed by atoms with E-state index in [9.17, 15) is 9.59 Å². The van der Waals surface area contributed by atoms with Crippen molar-refractivity contribution in [1.29, 1.82) is 0 Å². The summed E-state index contributed by atoms with van der Waals surface area (Å²) in [6, 6.07) is 49.6. The number of H-pyrrole nitrogens is 2. The summed E-state index contributed by atoms with van der Waals surface area (Å²) in [7, 11) is -1.41. The van der Waals surface area contributed by atoms with Gasteiger partial charge in [0.05, 0.1) is 22.4 Å². The van der Waals surface area contributed by atoms with Crippen LogP contribution in [0.4, 0.5) is 0 Å². The van der Waals surface area contributed by atoms with E-state index in [0.717, 1.165) is 70.7 Å². The number of fused-ring (bicyclic) bond motifs is 4. The van der Waals surface area contributed by atoms with E-state index in [-0.39, 0.29) is 11.1 Å². The lowest BCUT2D eigenvalue weighted by atomic mass is 9.80. The van der Waals surface area contributed by atoms with E-state index in [1.54, 1.807) is 36.7 Å². The van der Waals surface area contributed by atoms with Crippen LogP contribution in [0.2, 0.25) is 0 Å². The van der Waals surface area contributed by atoms with Crippen LogP contribution in [0.1, 0.15) is 0 Å². The van der Waals surface area contributed by atoms with E-state index in [0.29, 0.717) is 16.8 Å². The number of benzene rings is 4. The van der Waals surface area contributed by atoms with Crippen LogP contribution in [0.15, 0.2) is 184 Å². The normalized spacial score (nSPS) is 10.8. The van der Waals surface area contributed by atoms with Crippen molar-refractivity contribution >= 4 is 72.4 Å². The Hall–Kier alpha value is -7.12. The lowest BCUT2D eigenvalue weighted by molar-refractivity contribution is 0.426. The van der Waals surface area contributed by atoms with Gasteiger partial charge in [-0.05, 0) is 86.9 Å². The smallest absolute Gasteiger partial charge is 0.423 e. The molecule has 6 aromatic heterocycles. The fourth-order valence-corrected chi connectivity index (χ4v) is 7.03. The third-order valence-corrected chi connectivity index (χ3v) is 9.91. The second-order valence-electron chi connectivity index (χ2n) is 13.2. The number of nitrogens with zero attached hydrogens (tertiary/aromatic N) is 4. The highest BCUT2D eigenvalue weighted by Gasteiger charge is 2.13. The molecule has 10 nitrogen and oxygen atoms in total. The van der Waals surface area contributed by atoms with Gasteiger partial charge in [-0.2, -0.15) is 0 Å². The van der Waals surface area contributed by atoms with Gasteiger partial charge < -0.3 is 20.0 Å². The van der Waals surface area contributed by atoms with Crippen molar-refractivity contribution < 1.29 is 10.0 Å². The molecule has 58 heavy (non-hydrogen) atoms. The highest BCUT2D eigenvalue weighted by molar-refractivity contribution is 9.10. The maximum Gasteiger partial charge on any atom is 0.488 e. The molecule has 0 saturated carbocycles. The lowest BCUT2D eigenvalue weighted by Gasteiger charge is -2.12. The molecule has 0 unspecified atom stereocenters. The first-order valence-corrected chi connectivity index (χ1v) is 19.0. The van der Waals surface area contributed by atoms with Gasteiger partial charge in [-0.1, -0.05) is 91.0 Å². The van der Waals surface area contributed by atoms with Crippen LogP contribution in [-0.2, 0) is 0 Å². The number of nitrogens with one attached hydrogen (secondary N) is 2. The van der Waals surface area contributed by atoms with Crippen LogP contribution in [0.3, 0.4) is 0 Å². The van der Waals surface area contributed by atoms with Gasteiger partial charge in [-0.25, -0.2) is 9.97 Å². The minimum Gasteiger partial charge on any atom is -0.423 e. The van der Waals surface area contributed by atoms with E-state index in [1.807, 2.05) is 97.1 Å². The predicted octanol–water partition coefficient (Wildman–Crippen LogP) is 8.07. The third-order valence-electron chi connectivity index (χ3n) is 9.30. The van der Waals surface area contributed by atoms with Gasteiger partial charge in [-0.15, -0.1) is 0 Å². The average Bonchev–Trinajstić information content (AvgIpc) is 3.26. The molecule has 0 radical (unpaired) electrons. The van der Waals surface area contributed by atoms with Gasteiger partial charge in [0.25, 0.3) is 0 Å². The van der Waals surface area contributed by atoms with Gasteiger partial charge in [0.1, 0.15) is 11.3 Å². The topological polar surface area (TPSA) is 158 Å². The summed E-state index contributed by atoms with van der Waals surface area (Å²) in [5.41, 5.74) is 8.96. The number of rotatable bonds is 4. The van der Waals surface area contributed by atoms with Crippen LogP contribution in [0, 0.1) is 0 Å². The zero-order valence-electron chi connectivity index (χ0n) is 30.6. The fraction of sp³-hybridized carbons (Fsp3) is 0.